The molecule has 2 amide bonds. The molecular formula is C40H46N6O13. The number of aromatic hydroxyl groups is 1. The first-order valence-corrected chi connectivity index (χ1v) is 18.9. The van der Waals surface area contributed by atoms with Crippen molar-refractivity contribution in [1.82, 2.24) is 15.5 Å². The van der Waals surface area contributed by atoms with Crippen LogP contribution in [0.15, 0.2) is 52.8 Å². The Labute approximate surface area is 337 Å². The molecule has 1 saturated heterocycles. The molecule has 5 aliphatic rings. The number of methoxy groups -OCH3 is 1. The maximum Gasteiger partial charge on any atom is 0.253 e. The van der Waals surface area contributed by atoms with E-state index in [1.807, 2.05) is 0 Å². The minimum atomic E-state index is -2.45. The van der Waals surface area contributed by atoms with Gasteiger partial charge in [0.2, 0.25) is 12.1 Å². The normalized spacial score (nSPS) is 27.0. The first-order chi connectivity index (χ1) is 28.2. The summed E-state index contributed by atoms with van der Waals surface area (Å²) in [5, 5.41) is 74.1. The zero-order chi connectivity index (χ0) is 42.5. The van der Waals surface area contributed by atoms with E-state index in [4.69, 9.17) is 25.7 Å². The number of guanidine groups is 1. The standard InChI is InChI=1S/C40H46N6O13/c1-43-39(42)45-22-5-3-4-18-10-20-31(34(52)29(18)22)35(53)32-24(12-23(57-2)21(15-47)30(32)33(20)51)58-38-36(54)37(55)40(56,25(16-48)59-38)13-19(17-8-9-44-26(41)11-17)14-46-27(49)6-7-28(46)50/h6-8,10-12,19,22,25,36-38,44,47-48,52,54-56H,3-5,9,13-16,41H2,1-2H3,(H3,42,43,45). The number of imide groups is 1. The van der Waals surface area contributed by atoms with Gasteiger partial charge in [-0.15, -0.1) is 0 Å². The lowest BCUT2D eigenvalue weighted by Gasteiger charge is -2.49. The van der Waals surface area contributed by atoms with Crippen molar-refractivity contribution in [2.45, 2.75) is 68.5 Å². The summed E-state index contributed by atoms with van der Waals surface area (Å²) in [6.45, 7) is -1.69. The number of fused-ring (bicyclic) bond motifs is 3. The molecule has 7 rings (SSSR count). The average molecular weight is 819 g/mol. The Bertz CT molecular complexity index is 2210. The number of dihydropyridines is 1. The molecule has 0 radical (unpaired) electrons. The minimum absolute atomic E-state index is 0.0617. The molecule has 0 aromatic heterocycles. The highest BCUT2D eigenvalue weighted by Crippen LogP contribution is 2.48. The van der Waals surface area contributed by atoms with Gasteiger partial charge in [0.1, 0.15) is 41.2 Å². The zero-order valence-corrected chi connectivity index (χ0v) is 32.2. The van der Waals surface area contributed by atoms with Crippen LogP contribution in [0, 0.1) is 5.92 Å². The number of nitrogens with zero attached hydrogens (tertiary/aromatic N) is 2. The number of aryl methyl sites for hydroxylation is 1. The highest BCUT2D eigenvalue weighted by atomic mass is 16.7. The van der Waals surface area contributed by atoms with Crippen molar-refractivity contribution < 1.29 is 64.0 Å². The molecule has 3 aliphatic heterocycles. The summed E-state index contributed by atoms with van der Waals surface area (Å²) >= 11 is 0. The predicted molar refractivity (Wildman–Crippen MR) is 206 cm³/mol. The zero-order valence-electron chi connectivity index (χ0n) is 32.2. The largest absolute Gasteiger partial charge is 0.507 e. The van der Waals surface area contributed by atoms with E-state index in [0.717, 1.165) is 17.1 Å². The van der Waals surface area contributed by atoms with E-state index in [-0.39, 0.29) is 52.9 Å². The summed E-state index contributed by atoms with van der Waals surface area (Å²) in [6, 6.07) is 2.15. The Kier molecular flexibility index (Phi) is 11.3. The first-order valence-electron chi connectivity index (χ1n) is 18.9. The first kappa shape index (κ1) is 41.3. The Hall–Kier alpha value is -5.83. The second-order valence-electron chi connectivity index (χ2n) is 15.0. The van der Waals surface area contributed by atoms with E-state index in [1.54, 1.807) is 6.08 Å². The highest BCUT2D eigenvalue weighted by Gasteiger charge is 2.57. The van der Waals surface area contributed by atoms with Gasteiger partial charge in [0.15, 0.2) is 11.7 Å². The molecule has 12 N–H and O–H groups in total. The molecule has 19 heteroatoms. The number of phenols is 1. The number of hydrogen-bond acceptors (Lipinski definition) is 16. The Morgan fingerprint density at radius 3 is 2.47 bits per heavy atom. The van der Waals surface area contributed by atoms with Gasteiger partial charge in [0.05, 0.1) is 43.3 Å². The Morgan fingerprint density at radius 1 is 1.10 bits per heavy atom. The molecule has 0 saturated carbocycles. The van der Waals surface area contributed by atoms with Crippen LogP contribution in [-0.2, 0) is 27.4 Å². The van der Waals surface area contributed by atoms with Crippen LogP contribution in [0.5, 0.6) is 17.2 Å². The summed E-state index contributed by atoms with van der Waals surface area (Å²) < 4.78 is 17.5. The van der Waals surface area contributed by atoms with E-state index in [1.165, 1.54) is 32.4 Å². The van der Waals surface area contributed by atoms with E-state index in [0.29, 0.717) is 36.0 Å². The van der Waals surface area contributed by atoms with Crippen LogP contribution in [0.1, 0.15) is 73.8 Å². The van der Waals surface area contributed by atoms with E-state index in [9.17, 15) is 49.8 Å². The molecule has 1 fully saturated rings. The molecular weight excluding hydrogens is 772 g/mol. The van der Waals surface area contributed by atoms with Crippen LogP contribution >= 0.6 is 0 Å². The van der Waals surface area contributed by atoms with Crippen molar-refractivity contribution in [2.24, 2.45) is 22.4 Å². The van der Waals surface area contributed by atoms with Crippen LogP contribution in [-0.4, -0.2) is 129 Å². The van der Waals surface area contributed by atoms with E-state index in [2.05, 4.69) is 15.6 Å². The summed E-state index contributed by atoms with van der Waals surface area (Å²) in [7, 11) is 2.74. The van der Waals surface area contributed by atoms with Crippen LogP contribution in [0.3, 0.4) is 0 Å². The third kappa shape index (κ3) is 7.08. The number of allylic oxidation sites excluding steroid dienone is 1. The second kappa shape index (κ2) is 16.1. The number of rotatable bonds is 11. The van der Waals surface area contributed by atoms with E-state index < -0.39 is 102 Å². The number of aliphatic hydroxyl groups excluding tert-OH is 4. The van der Waals surface area contributed by atoms with Crippen molar-refractivity contribution in [3.8, 4) is 17.2 Å². The molecule has 3 heterocycles. The summed E-state index contributed by atoms with van der Waals surface area (Å²) in [5.41, 5.74) is 9.73. The second-order valence-corrected chi connectivity index (χ2v) is 15.0. The summed E-state index contributed by atoms with van der Waals surface area (Å²) in [5.74, 6) is -4.33. The molecule has 0 bridgehead atoms. The number of benzene rings is 2. The number of carbonyl (C=O) groups excluding carboxylic acids is 4. The number of ether oxygens (including phenoxy) is 3. The smallest absolute Gasteiger partial charge is 0.253 e. The van der Waals surface area contributed by atoms with Crippen molar-refractivity contribution in [1.29, 1.82) is 0 Å². The van der Waals surface area contributed by atoms with Crippen molar-refractivity contribution in [2.75, 3.05) is 33.9 Å². The quantitative estimate of drug-likeness (QED) is 0.0591. The van der Waals surface area contributed by atoms with Gasteiger partial charge in [-0.2, -0.15) is 0 Å². The molecule has 2 aromatic carbocycles. The number of hydrogen-bond donors (Lipinski definition) is 10. The summed E-state index contributed by atoms with van der Waals surface area (Å²) in [4.78, 5) is 59.0. The summed E-state index contributed by atoms with van der Waals surface area (Å²) in [6.07, 6.45) is -1.19. The lowest BCUT2D eigenvalue weighted by Crippen LogP contribution is -2.68. The molecule has 314 valence electrons. The highest BCUT2D eigenvalue weighted by molar-refractivity contribution is 6.31. The third-order valence-electron chi connectivity index (χ3n) is 11.6. The maximum absolute atomic E-state index is 14.6. The van der Waals surface area contributed by atoms with Crippen LogP contribution < -0.4 is 31.6 Å². The van der Waals surface area contributed by atoms with Crippen molar-refractivity contribution in [3.63, 3.8) is 0 Å². The number of carbonyl (C=O) groups is 4. The van der Waals surface area contributed by atoms with Gasteiger partial charge in [0, 0.05) is 66.5 Å². The fourth-order valence-corrected chi connectivity index (χ4v) is 8.66. The van der Waals surface area contributed by atoms with Gasteiger partial charge in [-0.25, -0.2) is 0 Å². The maximum atomic E-state index is 14.6. The number of nitrogens with two attached hydrogens (primary N) is 2. The average Bonchev–Trinajstić information content (AvgIpc) is 3.54. The third-order valence-corrected chi connectivity index (χ3v) is 11.6. The lowest BCUT2D eigenvalue weighted by atomic mass is 9.75. The monoisotopic (exact) mass is 818 g/mol. The number of aliphatic hydroxyl groups is 5. The fourth-order valence-electron chi connectivity index (χ4n) is 8.66. The molecule has 2 aromatic rings. The van der Waals surface area contributed by atoms with E-state index >= 15 is 0 Å². The van der Waals surface area contributed by atoms with Gasteiger partial charge in [-0.1, -0.05) is 6.08 Å². The van der Waals surface area contributed by atoms with Crippen LogP contribution in [0.4, 0.5) is 0 Å². The predicted octanol–water partition coefficient (Wildman–Crippen LogP) is -1.61. The number of aliphatic imine (C=N–C) groups is 1. The minimum Gasteiger partial charge on any atom is -0.507 e. The number of amides is 2. The molecule has 59 heavy (non-hydrogen) atoms. The number of nitrogens with one attached hydrogen (secondary N) is 2. The van der Waals surface area contributed by atoms with Crippen molar-refractivity contribution in [3.05, 3.63) is 86.8 Å². The topological polar surface area (TPSA) is 309 Å². The van der Waals surface area contributed by atoms with Crippen LogP contribution in [0.2, 0.25) is 0 Å². The van der Waals surface area contributed by atoms with Gasteiger partial charge in [0.25, 0.3) is 11.8 Å². The van der Waals surface area contributed by atoms with Crippen molar-refractivity contribution >= 4 is 29.3 Å². The number of ketones is 2. The van der Waals surface area contributed by atoms with Gasteiger partial charge >= 0.3 is 0 Å². The fraction of sp³-hybridized carbons (Fsp3) is 0.425. The van der Waals surface area contributed by atoms with Gasteiger partial charge < -0.3 is 67.0 Å². The van der Waals surface area contributed by atoms with Gasteiger partial charge in [-0.05, 0) is 49.0 Å². The lowest BCUT2D eigenvalue weighted by molar-refractivity contribution is -0.316. The molecule has 19 nitrogen and oxygen atoms in total. The Morgan fingerprint density at radius 2 is 1.83 bits per heavy atom. The molecule has 7 unspecified atom stereocenters. The molecule has 7 atom stereocenters. The number of phenolic OH excluding ortho intramolecular Hbond substituents is 1. The Balaban J connectivity index is 1.25. The van der Waals surface area contributed by atoms with Gasteiger partial charge in [-0.3, -0.25) is 29.1 Å². The molecule has 2 aliphatic carbocycles. The van der Waals surface area contributed by atoms with Crippen LogP contribution in [0.25, 0.3) is 0 Å². The molecule has 0 spiro atoms. The SMILES string of the molecule is CN=C(N)NC1CCCc2cc3c(c(O)c21)C(=O)c1c(OC2OC(CO)C(O)(CC(CN4C(=O)C=CC4=O)C4=CCNC(N)=C4)C(O)C2O)cc(OC)c(CO)c1C3=O.